The van der Waals surface area contributed by atoms with Crippen LogP contribution in [0.2, 0.25) is 0 Å². The minimum Gasteiger partial charge on any atom is -0.468 e. The molecule has 1 aromatic rings. The Morgan fingerprint density at radius 1 is 1.00 bits per heavy atom. The van der Waals surface area contributed by atoms with Gasteiger partial charge in [-0.1, -0.05) is 0 Å². The van der Waals surface area contributed by atoms with Gasteiger partial charge in [-0.15, -0.1) is 0 Å². The molecule has 1 atom stereocenters. The number of esters is 1. The molecule has 0 fully saturated rings. The number of benzene rings is 1. The summed E-state index contributed by atoms with van der Waals surface area (Å²) >= 11 is 0. The maximum Gasteiger partial charge on any atom is 0.416 e. The van der Waals surface area contributed by atoms with Crippen molar-refractivity contribution >= 4 is 16.0 Å². The summed E-state index contributed by atoms with van der Waals surface area (Å²) in [5.74, 6) is -1.14. The van der Waals surface area contributed by atoms with E-state index in [0.29, 0.717) is 0 Å². The first-order valence-electron chi connectivity index (χ1n) is 7.90. The number of methoxy groups -OCH3 is 1. The van der Waals surface area contributed by atoms with Gasteiger partial charge in [0.1, 0.15) is 6.04 Å². The third-order valence-corrected chi connectivity index (χ3v) is 4.79. The van der Waals surface area contributed by atoms with E-state index in [1.807, 2.05) is 0 Å². The van der Waals surface area contributed by atoms with E-state index in [1.54, 1.807) is 25.5 Å². The first-order chi connectivity index (χ1) is 12.9. The van der Waals surface area contributed by atoms with Crippen LogP contribution in [-0.2, 0) is 36.6 Å². The number of sulfonamides is 1. The van der Waals surface area contributed by atoms with Gasteiger partial charge in [-0.05, 0) is 39.0 Å². The Morgan fingerprint density at radius 2 is 1.45 bits per heavy atom. The molecule has 0 aromatic heterocycles. The molecule has 0 aliphatic rings. The van der Waals surface area contributed by atoms with Crippen molar-refractivity contribution in [3.8, 4) is 0 Å². The molecule has 0 aliphatic heterocycles. The molecule has 29 heavy (non-hydrogen) atoms. The molecule has 0 saturated heterocycles. The van der Waals surface area contributed by atoms with Gasteiger partial charge >= 0.3 is 18.3 Å². The minimum absolute atomic E-state index is 0.0382. The van der Waals surface area contributed by atoms with Crippen LogP contribution in [-0.4, -0.2) is 39.7 Å². The van der Waals surface area contributed by atoms with E-state index < -0.39 is 62.6 Å². The summed E-state index contributed by atoms with van der Waals surface area (Å²) in [6, 6.07) is -1.83. The standard InChI is InChI=1S/C16H19F6NO5S/c1-14(2,3)28-8-12(13(24)27-4)23-29(25,26)11-6-9(15(17,18)19)5-10(7-11)16(20,21)22/h5-7,12,23H,8H2,1-4H3. The van der Waals surface area contributed by atoms with Crippen molar-refractivity contribution in [2.24, 2.45) is 0 Å². The van der Waals surface area contributed by atoms with E-state index in [0.717, 1.165) is 7.11 Å². The van der Waals surface area contributed by atoms with Crippen LogP contribution in [0.25, 0.3) is 0 Å². The monoisotopic (exact) mass is 451 g/mol. The predicted octanol–water partition coefficient (Wildman–Crippen LogP) is 3.36. The fourth-order valence-electron chi connectivity index (χ4n) is 1.96. The zero-order valence-corrected chi connectivity index (χ0v) is 16.6. The van der Waals surface area contributed by atoms with Crippen molar-refractivity contribution in [3.05, 3.63) is 29.3 Å². The Morgan fingerprint density at radius 3 is 1.79 bits per heavy atom. The molecule has 0 bridgehead atoms. The van der Waals surface area contributed by atoms with Crippen molar-refractivity contribution < 1.29 is 49.0 Å². The smallest absolute Gasteiger partial charge is 0.416 e. The van der Waals surface area contributed by atoms with Crippen LogP contribution in [0, 0.1) is 0 Å². The zero-order chi connectivity index (χ0) is 22.8. The minimum atomic E-state index is -5.23. The quantitative estimate of drug-likeness (QED) is 0.530. The largest absolute Gasteiger partial charge is 0.468 e. The highest BCUT2D eigenvalue weighted by Crippen LogP contribution is 2.37. The number of carbonyl (C=O) groups excluding carboxylic acids is 1. The fourth-order valence-corrected chi connectivity index (χ4v) is 3.20. The normalized spacial score (nSPS) is 14.6. The van der Waals surface area contributed by atoms with E-state index in [9.17, 15) is 39.6 Å². The molecule has 0 aliphatic carbocycles. The maximum absolute atomic E-state index is 12.9. The zero-order valence-electron chi connectivity index (χ0n) is 15.7. The third kappa shape index (κ3) is 7.48. The summed E-state index contributed by atoms with van der Waals surface area (Å²) in [4.78, 5) is 10.5. The third-order valence-electron chi connectivity index (χ3n) is 3.34. The predicted molar refractivity (Wildman–Crippen MR) is 88.3 cm³/mol. The van der Waals surface area contributed by atoms with Crippen LogP contribution in [0.15, 0.2) is 23.1 Å². The number of hydrogen-bond donors (Lipinski definition) is 1. The number of halogens is 6. The summed E-state index contributed by atoms with van der Waals surface area (Å²) in [5.41, 5.74) is -4.45. The number of alkyl halides is 6. The Balaban J connectivity index is 3.40. The Bertz CT molecular complexity index is 811. The van der Waals surface area contributed by atoms with E-state index in [2.05, 4.69) is 4.74 Å². The van der Waals surface area contributed by atoms with Crippen LogP contribution < -0.4 is 4.72 Å². The number of hydrogen-bond acceptors (Lipinski definition) is 5. The second kappa shape index (κ2) is 8.48. The van der Waals surface area contributed by atoms with Gasteiger partial charge in [0.15, 0.2) is 0 Å². The first-order valence-corrected chi connectivity index (χ1v) is 9.39. The van der Waals surface area contributed by atoms with Gasteiger partial charge < -0.3 is 9.47 Å². The van der Waals surface area contributed by atoms with Crippen LogP contribution in [0.5, 0.6) is 0 Å². The van der Waals surface area contributed by atoms with E-state index in [-0.39, 0.29) is 18.2 Å². The van der Waals surface area contributed by atoms with Gasteiger partial charge in [0.25, 0.3) is 0 Å². The van der Waals surface area contributed by atoms with Crippen LogP contribution in [0.3, 0.4) is 0 Å². The van der Waals surface area contributed by atoms with Crippen LogP contribution in [0.1, 0.15) is 31.9 Å². The van der Waals surface area contributed by atoms with Gasteiger partial charge in [0, 0.05) is 0 Å². The number of carbonyl (C=O) groups is 1. The van der Waals surface area contributed by atoms with Crippen molar-refractivity contribution in [1.29, 1.82) is 0 Å². The summed E-state index contributed by atoms with van der Waals surface area (Å²) in [5, 5.41) is 0. The Labute approximate surface area is 163 Å². The lowest BCUT2D eigenvalue weighted by Gasteiger charge is -2.24. The summed E-state index contributed by atoms with van der Waals surface area (Å²) in [6.07, 6.45) is -10.5. The summed E-state index contributed by atoms with van der Waals surface area (Å²) in [7, 11) is -4.06. The maximum atomic E-state index is 12.9. The lowest BCUT2D eigenvalue weighted by molar-refractivity contribution is -0.146. The average molecular weight is 451 g/mol. The van der Waals surface area contributed by atoms with Crippen molar-refractivity contribution in [2.75, 3.05) is 13.7 Å². The molecular formula is C16H19F6NO5S. The molecule has 1 unspecified atom stereocenters. The molecule has 6 nitrogen and oxygen atoms in total. The van der Waals surface area contributed by atoms with Gasteiger partial charge in [0.2, 0.25) is 10.0 Å². The molecule has 1 rings (SSSR count). The number of rotatable bonds is 6. The lowest BCUT2D eigenvalue weighted by Crippen LogP contribution is -2.46. The molecule has 1 aromatic carbocycles. The highest BCUT2D eigenvalue weighted by atomic mass is 32.2. The Kier molecular flexibility index (Phi) is 7.36. The summed E-state index contributed by atoms with van der Waals surface area (Å²) in [6.45, 7) is 4.18. The van der Waals surface area contributed by atoms with Gasteiger partial charge in [-0.3, -0.25) is 4.79 Å². The molecule has 166 valence electrons. The van der Waals surface area contributed by atoms with Gasteiger partial charge in [-0.25, -0.2) is 8.42 Å². The van der Waals surface area contributed by atoms with Crippen LogP contribution >= 0.6 is 0 Å². The van der Waals surface area contributed by atoms with Crippen molar-refractivity contribution in [3.63, 3.8) is 0 Å². The SMILES string of the molecule is COC(=O)C(COC(C)(C)C)NS(=O)(=O)c1cc(C(F)(F)F)cc(C(F)(F)F)c1. The van der Waals surface area contributed by atoms with Gasteiger partial charge in [0.05, 0.1) is 35.3 Å². The molecule has 0 spiro atoms. The number of nitrogens with one attached hydrogen (secondary N) is 1. The molecule has 0 radical (unpaired) electrons. The number of ether oxygens (including phenoxy) is 2. The Hall–Kier alpha value is -1.86. The van der Waals surface area contributed by atoms with E-state index >= 15 is 0 Å². The fraction of sp³-hybridized carbons (Fsp3) is 0.562. The van der Waals surface area contributed by atoms with Crippen LogP contribution in [0.4, 0.5) is 26.3 Å². The second-order valence-electron chi connectivity index (χ2n) is 6.86. The summed E-state index contributed by atoms with van der Waals surface area (Å²) < 4.78 is 114. The molecule has 0 saturated carbocycles. The van der Waals surface area contributed by atoms with E-state index in [1.165, 1.54) is 0 Å². The van der Waals surface area contributed by atoms with Crippen molar-refractivity contribution in [1.82, 2.24) is 4.72 Å². The van der Waals surface area contributed by atoms with Gasteiger partial charge in [-0.2, -0.15) is 31.1 Å². The first kappa shape index (κ1) is 25.2. The molecule has 1 N–H and O–H groups in total. The lowest BCUT2D eigenvalue weighted by atomic mass is 10.1. The molecule has 0 amide bonds. The van der Waals surface area contributed by atoms with E-state index in [4.69, 9.17) is 4.74 Å². The molecule has 0 heterocycles. The van der Waals surface area contributed by atoms with Crippen molar-refractivity contribution in [2.45, 2.75) is 49.7 Å². The molecular weight excluding hydrogens is 432 g/mol. The topological polar surface area (TPSA) is 81.7 Å². The molecule has 13 heteroatoms. The highest BCUT2D eigenvalue weighted by Gasteiger charge is 2.39. The highest BCUT2D eigenvalue weighted by molar-refractivity contribution is 7.89. The second-order valence-corrected chi connectivity index (χ2v) is 8.58. The average Bonchev–Trinajstić information content (AvgIpc) is 2.55.